The molecule has 5 nitrogen and oxygen atoms in total. The van der Waals surface area contributed by atoms with Gasteiger partial charge in [-0.1, -0.05) is 62.9 Å². The van der Waals surface area contributed by atoms with Crippen LogP contribution in [0.4, 0.5) is 0 Å². The van der Waals surface area contributed by atoms with Gasteiger partial charge in [-0.15, -0.1) is 0 Å². The fraction of sp³-hybridized carbons (Fsp3) is 0.579. The zero-order valence-corrected chi connectivity index (χ0v) is 14.7. The van der Waals surface area contributed by atoms with E-state index in [9.17, 15) is 9.59 Å². The number of esters is 2. The molecular weight excluding hydrogens is 306 g/mol. The van der Waals surface area contributed by atoms with Crippen molar-refractivity contribution in [3.05, 3.63) is 35.9 Å². The van der Waals surface area contributed by atoms with E-state index in [1.165, 1.54) is 6.42 Å². The number of hydrogen-bond donors (Lipinski definition) is 1. The molecule has 1 aromatic carbocycles. The summed E-state index contributed by atoms with van der Waals surface area (Å²) < 4.78 is 10.5. The van der Waals surface area contributed by atoms with Gasteiger partial charge in [-0.25, -0.2) is 0 Å². The lowest BCUT2D eigenvalue weighted by Gasteiger charge is -2.23. The quantitative estimate of drug-likeness (QED) is 0.494. The Morgan fingerprint density at radius 3 is 2.33 bits per heavy atom. The second-order valence-corrected chi connectivity index (χ2v) is 5.76. The Labute approximate surface area is 144 Å². The molecule has 2 N–H and O–H groups in total. The van der Waals surface area contributed by atoms with Gasteiger partial charge in [0.1, 0.15) is 6.04 Å². The Kier molecular flexibility index (Phi) is 9.77. The van der Waals surface area contributed by atoms with Crippen LogP contribution in [0.3, 0.4) is 0 Å². The first-order valence-corrected chi connectivity index (χ1v) is 8.76. The number of nitrogens with two attached hydrogens (primary N) is 1. The van der Waals surface area contributed by atoms with Crippen LogP contribution in [0.1, 0.15) is 64.0 Å². The Balaban J connectivity index is 2.65. The van der Waals surface area contributed by atoms with Crippen LogP contribution >= 0.6 is 0 Å². The third-order valence-electron chi connectivity index (χ3n) is 3.76. The Hall–Kier alpha value is -1.88. The molecule has 0 amide bonds. The Bertz CT molecular complexity index is 489. The minimum absolute atomic E-state index is 0.236. The molecule has 0 heterocycles. The van der Waals surface area contributed by atoms with Crippen LogP contribution in [0.15, 0.2) is 30.3 Å². The van der Waals surface area contributed by atoms with E-state index in [4.69, 9.17) is 15.2 Å². The first-order chi connectivity index (χ1) is 11.6. The summed E-state index contributed by atoms with van der Waals surface area (Å²) in [5, 5.41) is 0. The molecular formula is C19H29NO4. The van der Waals surface area contributed by atoms with Gasteiger partial charge in [0, 0.05) is 6.42 Å². The van der Waals surface area contributed by atoms with Gasteiger partial charge in [0.25, 0.3) is 0 Å². The van der Waals surface area contributed by atoms with Crippen molar-refractivity contribution in [1.82, 2.24) is 0 Å². The van der Waals surface area contributed by atoms with Crippen molar-refractivity contribution in [1.29, 1.82) is 0 Å². The van der Waals surface area contributed by atoms with E-state index in [1.807, 2.05) is 18.2 Å². The fourth-order valence-corrected chi connectivity index (χ4v) is 2.43. The molecule has 2 atom stereocenters. The monoisotopic (exact) mass is 335 g/mol. The van der Waals surface area contributed by atoms with Crippen molar-refractivity contribution in [2.75, 3.05) is 6.61 Å². The van der Waals surface area contributed by atoms with E-state index >= 15 is 0 Å². The lowest BCUT2D eigenvalue weighted by atomic mass is 10.0. The summed E-state index contributed by atoms with van der Waals surface area (Å²) in [7, 11) is 0. The predicted molar refractivity (Wildman–Crippen MR) is 93.3 cm³/mol. The van der Waals surface area contributed by atoms with Gasteiger partial charge >= 0.3 is 11.9 Å². The predicted octanol–water partition coefficient (Wildman–Crippen LogP) is 3.52. The van der Waals surface area contributed by atoms with Crippen LogP contribution < -0.4 is 5.73 Å². The topological polar surface area (TPSA) is 78.6 Å². The maximum atomic E-state index is 12.1. The third-order valence-corrected chi connectivity index (χ3v) is 3.76. The van der Waals surface area contributed by atoms with Crippen molar-refractivity contribution in [3.63, 3.8) is 0 Å². The van der Waals surface area contributed by atoms with E-state index in [-0.39, 0.29) is 12.6 Å². The van der Waals surface area contributed by atoms with Gasteiger partial charge in [-0.05, 0) is 18.9 Å². The molecule has 0 saturated heterocycles. The largest absolute Gasteiger partial charge is 0.465 e. The highest BCUT2D eigenvalue weighted by Gasteiger charge is 2.30. The van der Waals surface area contributed by atoms with Crippen LogP contribution in [0.2, 0.25) is 0 Å². The van der Waals surface area contributed by atoms with Crippen molar-refractivity contribution in [2.24, 2.45) is 5.73 Å². The molecule has 0 bridgehead atoms. The van der Waals surface area contributed by atoms with Crippen molar-refractivity contribution in [2.45, 2.75) is 64.5 Å². The summed E-state index contributed by atoms with van der Waals surface area (Å²) >= 11 is 0. The van der Waals surface area contributed by atoms with Gasteiger partial charge in [0.2, 0.25) is 0 Å². The molecule has 5 heteroatoms. The standard InChI is InChI=1S/C19H29NO4/c1-3-5-6-7-11-14-16(21)24-18(15-12-9-8-10-13-15)17(20)19(22)23-4-2/h8-10,12-13,17-18H,3-7,11,14,20H2,1-2H3/t17-,18+/m1/s1. The van der Waals surface area contributed by atoms with Gasteiger partial charge in [-0.3, -0.25) is 9.59 Å². The average molecular weight is 335 g/mol. The first kappa shape index (κ1) is 20.2. The van der Waals surface area contributed by atoms with E-state index < -0.39 is 18.1 Å². The number of unbranched alkanes of at least 4 members (excludes halogenated alkanes) is 4. The molecule has 1 rings (SSSR count). The highest BCUT2D eigenvalue weighted by molar-refractivity contribution is 5.77. The molecule has 0 aliphatic heterocycles. The zero-order chi connectivity index (χ0) is 17.8. The first-order valence-electron chi connectivity index (χ1n) is 8.76. The molecule has 0 unspecified atom stereocenters. The maximum Gasteiger partial charge on any atom is 0.327 e. The molecule has 0 aliphatic rings. The summed E-state index contributed by atoms with van der Waals surface area (Å²) in [5.74, 6) is -0.901. The molecule has 0 fully saturated rings. The molecule has 134 valence electrons. The summed E-state index contributed by atoms with van der Waals surface area (Å²) in [6.07, 6.45) is 4.76. The zero-order valence-electron chi connectivity index (χ0n) is 14.7. The average Bonchev–Trinajstić information content (AvgIpc) is 2.60. The second-order valence-electron chi connectivity index (χ2n) is 5.76. The Morgan fingerprint density at radius 2 is 1.71 bits per heavy atom. The highest BCUT2D eigenvalue weighted by Crippen LogP contribution is 2.22. The minimum atomic E-state index is -1.03. The van der Waals surface area contributed by atoms with Gasteiger partial charge < -0.3 is 15.2 Å². The number of hydrogen-bond acceptors (Lipinski definition) is 5. The lowest BCUT2D eigenvalue weighted by molar-refractivity contribution is -0.157. The molecule has 0 radical (unpaired) electrons. The van der Waals surface area contributed by atoms with E-state index in [2.05, 4.69) is 6.92 Å². The van der Waals surface area contributed by atoms with Crippen molar-refractivity contribution < 1.29 is 19.1 Å². The molecule has 1 aromatic rings. The van der Waals surface area contributed by atoms with Crippen molar-refractivity contribution >= 4 is 11.9 Å². The SMILES string of the molecule is CCCCCCCC(=O)O[C@@H](c1ccccc1)[C@@H](N)C(=O)OCC. The minimum Gasteiger partial charge on any atom is -0.465 e. The van der Waals surface area contributed by atoms with Gasteiger partial charge in [0.05, 0.1) is 6.61 Å². The lowest BCUT2D eigenvalue weighted by Crippen LogP contribution is -2.40. The number of rotatable bonds is 11. The number of ether oxygens (including phenoxy) is 2. The smallest absolute Gasteiger partial charge is 0.327 e. The Morgan fingerprint density at radius 1 is 1.04 bits per heavy atom. The van der Waals surface area contributed by atoms with Crippen molar-refractivity contribution in [3.8, 4) is 0 Å². The number of carbonyl (C=O) groups excluding carboxylic acids is 2. The van der Waals surface area contributed by atoms with Crippen LogP contribution in [0, 0.1) is 0 Å². The molecule has 0 spiro atoms. The van der Waals surface area contributed by atoms with Crippen LogP contribution in [0.5, 0.6) is 0 Å². The fourth-order valence-electron chi connectivity index (χ4n) is 2.43. The van der Waals surface area contributed by atoms with E-state index in [0.29, 0.717) is 12.0 Å². The van der Waals surface area contributed by atoms with Gasteiger partial charge in [-0.2, -0.15) is 0 Å². The van der Waals surface area contributed by atoms with Crippen LogP contribution in [-0.4, -0.2) is 24.6 Å². The summed E-state index contributed by atoms with van der Waals surface area (Å²) in [4.78, 5) is 24.0. The second kappa shape index (κ2) is 11.6. The third kappa shape index (κ3) is 7.13. The molecule has 0 aliphatic carbocycles. The van der Waals surface area contributed by atoms with Gasteiger partial charge in [0.15, 0.2) is 6.10 Å². The molecule has 24 heavy (non-hydrogen) atoms. The summed E-state index contributed by atoms with van der Waals surface area (Å²) in [5.41, 5.74) is 6.66. The van der Waals surface area contributed by atoms with E-state index in [0.717, 1.165) is 25.7 Å². The summed E-state index contributed by atoms with van der Waals surface area (Å²) in [6.45, 7) is 4.10. The maximum absolute atomic E-state index is 12.1. The number of carbonyl (C=O) groups is 2. The number of benzene rings is 1. The van der Waals surface area contributed by atoms with E-state index in [1.54, 1.807) is 19.1 Å². The van der Waals surface area contributed by atoms with Crippen LogP contribution in [0.25, 0.3) is 0 Å². The van der Waals surface area contributed by atoms with Crippen LogP contribution in [-0.2, 0) is 19.1 Å². The normalized spacial score (nSPS) is 13.1. The summed E-state index contributed by atoms with van der Waals surface area (Å²) in [6, 6.07) is 8.04. The molecule has 0 aromatic heterocycles. The highest BCUT2D eigenvalue weighted by atomic mass is 16.6. The molecule has 0 saturated carbocycles.